The summed E-state index contributed by atoms with van der Waals surface area (Å²) in [6, 6.07) is -0.309. The van der Waals surface area contributed by atoms with E-state index in [0.717, 1.165) is 12.8 Å². The Morgan fingerprint density at radius 3 is 2.35 bits per heavy atom. The number of carboxylic acid groups (broad SMARTS) is 1. The summed E-state index contributed by atoms with van der Waals surface area (Å²) in [5.41, 5.74) is -0.558. The standard InChI is InChI=1S/C12H21NO4/c1-12(2,3)17-11(16)13-9-7-5-4-6-8(9)10(14)15/h8-9H,4-7H2,1-3H3,(H,13,16)(H,14,15). The summed E-state index contributed by atoms with van der Waals surface area (Å²) in [6.07, 6.45) is 2.65. The molecule has 0 aromatic heterocycles. The Hall–Kier alpha value is -1.26. The average molecular weight is 243 g/mol. The largest absolute Gasteiger partial charge is 0.481 e. The van der Waals surface area contributed by atoms with Gasteiger partial charge >= 0.3 is 12.1 Å². The summed E-state index contributed by atoms with van der Waals surface area (Å²) in [6.45, 7) is 5.34. The van der Waals surface area contributed by atoms with Crippen molar-refractivity contribution >= 4 is 12.1 Å². The monoisotopic (exact) mass is 243 g/mol. The molecule has 0 heterocycles. The molecule has 0 radical (unpaired) electrons. The Kier molecular flexibility index (Phi) is 4.37. The predicted molar refractivity (Wildman–Crippen MR) is 62.8 cm³/mol. The highest BCUT2D eigenvalue weighted by atomic mass is 16.6. The van der Waals surface area contributed by atoms with E-state index in [9.17, 15) is 9.59 Å². The van der Waals surface area contributed by atoms with E-state index in [2.05, 4.69) is 5.32 Å². The number of hydrogen-bond donors (Lipinski definition) is 2. The van der Waals surface area contributed by atoms with Crippen LogP contribution < -0.4 is 5.32 Å². The third-order valence-corrected chi connectivity index (χ3v) is 2.79. The quantitative estimate of drug-likeness (QED) is 0.779. The maximum atomic E-state index is 11.6. The molecule has 1 saturated carbocycles. The van der Waals surface area contributed by atoms with Gasteiger partial charge in [-0.25, -0.2) is 4.79 Å². The number of nitrogens with one attached hydrogen (secondary N) is 1. The van der Waals surface area contributed by atoms with Crippen LogP contribution in [0, 0.1) is 5.92 Å². The van der Waals surface area contributed by atoms with Gasteiger partial charge in [0, 0.05) is 6.04 Å². The summed E-state index contributed by atoms with van der Waals surface area (Å²) < 4.78 is 5.13. The van der Waals surface area contributed by atoms with Gasteiger partial charge in [0.15, 0.2) is 0 Å². The van der Waals surface area contributed by atoms with Crippen molar-refractivity contribution in [2.75, 3.05) is 0 Å². The first-order valence-corrected chi connectivity index (χ1v) is 6.02. The van der Waals surface area contributed by atoms with Crippen LogP contribution in [0.5, 0.6) is 0 Å². The minimum atomic E-state index is -0.842. The molecule has 0 bridgehead atoms. The van der Waals surface area contributed by atoms with E-state index >= 15 is 0 Å². The smallest absolute Gasteiger partial charge is 0.407 e. The van der Waals surface area contributed by atoms with Crippen LogP contribution in [0.2, 0.25) is 0 Å². The Morgan fingerprint density at radius 1 is 1.24 bits per heavy atom. The van der Waals surface area contributed by atoms with Crippen LogP contribution in [-0.2, 0) is 9.53 Å². The first-order valence-electron chi connectivity index (χ1n) is 6.02. The zero-order valence-corrected chi connectivity index (χ0v) is 10.7. The van der Waals surface area contributed by atoms with Gasteiger partial charge in [0.05, 0.1) is 5.92 Å². The number of ether oxygens (including phenoxy) is 1. The summed E-state index contributed by atoms with van der Waals surface area (Å²) in [5, 5.41) is 11.7. The Morgan fingerprint density at radius 2 is 1.82 bits per heavy atom. The van der Waals surface area contributed by atoms with E-state index < -0.39 is 23.6 Å². The Bertz CT molecular complexity index is 295. The van der Waals surface area contributed by atoms with Crippen molar-refractivity contribution in [3.05, 3.63) is 0 Å². The molecule has 2 atom stereocenters. The Balaban J connectivity index is 2.53. The lowest BCUT2D eigenvalue weighted by atomic mass is 9.84. The van der Waals surface area contributed by atoms with Crippen molar-refractivity contribution in [3.63, 3.8) is 0 Å². The number of carbonyl (C=O) groups is 2. The number of carboxylic acids is 1. The molecule has 2 unspecified atom stereocenters. The van der Waals surface area contributed by atoms with Gasteiger partial charge in [-0.3, -0.25) is 4.79 Å². The molecule has 1 amide bonds. The summed E-state index contributed by atoms with van der Waals surface area (Å²) >= 11 is 0. The van der Waals surface area contributed by atoms with E-state index in [1.807, 2.05) is 0 Å². The second-order valence-electron chi connectivity index (χ2n) is 5.48. The van der Waals surface area contributed by atoms with Gasteiger partial charge in [-0.15, -0.1) is 0 Å². The topological polar surface area (TPSA) is 75.6 Å². The molecule has 2 N–H and O–H groups in total. The number of rotatable bonds is 2. The second-order valence-corrected chi connectivity index (χ2v) is 5.48. The fourth-order valence-electron chi connectivity index (χ4n) is 2.06. The van der Waals surface area contributed by atoms with Gasteiger partial charge in [-0.05, 0) is 33.6 Å². The first kappa shape index (κ1) is 13.8. The van der Waals surface area contributed by atoms with Crippen molar-refractivity contribution in [1.29, 1.82) is 0 Å². The number of hydrogen-bond acceptors (Lipinski definition) is 3. The lowest BCUT2D eigenvalue weighted by Crippen LogP contribution is -2.46. The summed E-state index contributed by atoms with van der Waals surface area (Å²) in [4.78, 5) is 22.6. The molecule has 0 aromatic rings. The zero-order chi connectivity index (χ0) is 13.1. The van der Waals surface area contributed by atoms with Crippen LogP contribution in [0.4, 0.5) is 4.79 Å². The average Bonchev–Trinajstić information content (AvgIpc) is 2.14. The molecule has 1 rings (SSSR count). The Labute approximate surface area is 102 Å². The lowest BCUT2D eigenvalue weighted by molar-refractivity contribution is -0.143. The summed E-state index contributed by atoms with van der Waals surface area (Å²) in [7, 11) is 0. The molecular formula is C12H21NO4. The van der Waals surface area contributed by atoms with Crippen molar-refractivity contribution in [2.45, 2.75) is 58.1 Å². The third-order valence-electron chi connectivity index (χ3n) is 2.79. The van der Waals surface area contributed by atoms with Crippen molar-refractivity contribution in [3.8, 4) is 0 Å². The molecular weight excluding hydrogens is 222 g/mol. The number of alkyl carbamates (subject to hydrolysis) is 1. The van der Waals surface area contributed by atoms with Gasteiger partial charge < -0.3 is 15.2 Å². The third kappa shape index (κ3) is 4.63. The van der Waals surface area contributed by atoms with Gasteiger partial charge in [0.25, 0.3) is 0 Å². The molecule has 0 saturated heterocycles. The number of carbonyl (C=O) groups excluding carboxylic acids is 1. The van der Waals surface area contributed by atoms with Crippen molar-refractivity contribution < 1.29 is 19.4 Å². The van der Waals surface area contributed by atoms with E-state index in [4.69, 9.17) is 9.84 Å². The van der Waals surface area contributed by atoms with Crippen LogP contribution in [0.1, 0.15) is 46.5 Å². The molecule has 5 nitrogen and oxygen atoms in total. The van der Waals surface area contributed by atoms with E-state index in [1.54, 1.807) is 20.8 Å². The molecule has 0 aromatic carbocycles. The van der Waals surface area contributed by atoms with Gasteiger partial charge in [-0.1, -0.05) is 12.8 Å². The molecule has 17 heavy (non-hydrogen) atoms. The lowest BCUT2D eigenvalue weighted by Gasteiger charge is -2.30. The highest BCUT2D eigenvalue weighted by Crippen LogP contribution is 2.25. The van der Waals surface area contributed by atoms with Crippen LogP contribution in [0.25, 0.3) is 0 Å². The normalized spacial score (nSPS) is 25.1. The molecule has 0 aliphatic heterocycles. The van der Waals surface area contributed by atoms with Crippen LogP contribution in [0.15, 0.2) is 0 Å². The molecule has 5 heteroatoms. The van der Waals surface area contributed by atoms with Crippen LogP contribution >= 0.6 is 0 Å². The van der Waals surface area contributed by atoms with Gasteiger partial charge in [-0.2, -0.15) is 0 Å². The number of aliphatic carboxylic acids is 1. The zero-order valence-electron chi connectivity index (χ0n) is 10.7. The molecule has 98 valence electrons. The predicted octanol–water partition coefficient (Wildman–Crippen LogP) is 2.15. The molecule has 1 aliphatic carbocycles. The van der Waals surface area contributed by atoms with E-state index in [-0.39, 0.29) is 6.04 Å². The number of amides is 1. The fraction of sp³-hybridized carbons (Fsp3) is 0.833. The van der Waals surface area contributed by atoms with Crippen molar-refractivity contribution in [2.24, 2.45) is 5.92 Å². The maximum absolute atomic E-state index is 11.6. The minimum absolute atomic E-state index is 0.309. The maximum Gasteiger partial charge on any atom is 0.407 e. The molecule has 0 spiro atoms. The van der Waals surface area contributed by atoms with E-state index in [0.29, 0.717) is 12.8 Å². The fourth-order valence-corrected chi connectivity index (χ4v) is 2.06. The highest BCUT2D eigenvalue weighted by molar-refractivity contribution is 5.73. The van der Waals surface area contributed by atoms with Gasteiger partial charge in [0.2, 0.25) is 0 Å². The first-order chi connectivity index (χ1) is 7.79. The SMILES string of the molecule is CC(C)(C)OC(=O)NC1CCCCC1C(=O)O. The molecule has 1 fully saturated rings. The van der Waals surface area contributed by atoms with Gasteiger partial charge in [0.1, 0.15) is 5.60 Å². The second kappa shape index (κ2) is 5.38. The van der Waals surface area contributed by atoms with Crippen molar-refractivity contribution in [1.82, 2.24) is 5.32 Å². The highest BCUT2D eigenvalue weighted by Gasteiger charge is 2.32. The van der Waals surface area contributed by atoms with Crippen LogP contribution in [0.3, 0.4) is 0 Å². The summed E-state index contributed by atoms with van der Waals surface area (Å²) in [5.74, 6) is -1.33. The van der Waals surface area contributed by atoms with Crippen LogP contribution in [-0.4, -0.2) is 28.8 Å². The minimum Gasteiger partial charge on any atom is -0.481 e. The molecule has 1 aliphatic rings. The van der Waals surface area contributed by atoms with E-state index in [1.165, 1.54) is 0 Å².